The zero-order valence-corrected chi connectivity index (χ0v) is 15.6. The van der Waals surface area contributed by atoms with E-state index in [1.807, 2.05) is 6.92 Å². The van der Waals surface area contributed by atoms with Crippen LogP contribution in [0.15, 0.2) is 24.3 Å². The van der Waals surface area contributed by atoms with E-state index in [2.05, 4.69) is 9.97 Å². The maximum atomic E-state index is 13.3. The molecule has 1 aliphatic heterocycles. The van der Waals surface area contributed by atoms with E-state index in [0.29, 0.717) is 34.9 Å². The van der Waals surface area contributed by atoms with Crippen LogP contribution in [0, 0.1) is 0 Å². The second-order valence-corrected chi connectivity index (χ2v) is 6.90. The van der Waals surface area contributed by atoms with Crippen molar-refractivity contribution in [2.45, 2.75) is 19.0 Å². The van der Waals surface area contributed by atoms with Crippen LogP contribution < -0.4 is 26.7 Å². The SMILES string of the molecule is CC1COc2c1c(Oc1cc(C(N)=O)cc(C(F)(F)F)c1)cc1nc(N)nc(N)c21. The van der Waals surface area contributed by atoms with Crippen LogP contribution in [0.1, 0.15) is 34.3 Å². The molecule has 0 radical (unpaired) electrons. The summed E-state index contributed by atoms with van der Waals surface area (Å²) in [5, 5.41) is 0.442. The molecular formula is C19H16F3N5O3. The predicted molar refractivity (Wildman–Crippen MR) is 102 cm³/mol. The van der Waals surface area contributed by atoms with Crippen molar-refractivity contribution in [3.63, 3.8) is 0 Å². The van der Waals surface area contributed by atoms with E-state index < -0.39 is 17.6 Å². The summed E-state index contributed by atoms with van der Waals surface area (Å²) >= 11 is 0. The summed E-state index contributed by atoms with van der Waals surface area (Å²) < 4.78 is 51.3. The van der Waals surface area contributed by atoms with Gasteiger partial charge in [0, 0.05) is 23.1 Å². The summed E-state index contributed by atoms with van der Waals surface area (Å²) in [6, 6.07) is 4.09. The molecule has 8 nitrogen and oxygen atoms in total. The van der Waals surface area contributed by atoms with E-state index in [1.54, 1.807) is 0 Å². The molecule has 6 N–H and O–H groups in total. The fourth-order valence-electron chi connectivity index (χ4n) is 3.38. The number of anilines is 2. The Bertz CT molecular complexity index is 1200. The summed E-state index contributed by atoms with van der Waals surface area (Å²) in [5.74, 6) is -0.743. The molecule has 1 atom stereocenters. The molecule has 1 amide bonds. The van der Waals surface area contributed by atoms with Crippen LogP contribution in [0.3, 0.4) is 0 Å². The molecule has 1 unspecified atom stereocenters. The van der Waals surface area contributed by atoms with Crippen LogP contribution in [-0.2, 0) is 6.18 Å². The Morgan fingerprint density at radius 3 is 2.60 bits per heavy atom. The number of rotatable bonds is 3. The fourth-order valence-corrected chi connectivity index (χ4v) is 3.38. The highest BCUT2D eigenvalue weighted by molar-refractivity contribution is 5.97. The smallest absolute Gasteiger partial charge is 0.416 e. The molecule has 0 saturated carbocycles. The number of halogens is 3. The number of aromatic nitrogens is 2. The minimum absolute atomic E-state index is 0.0768. The third-order valence-corrected chi connectivity index (χ3v) is 4.70. The molecule has 156 valence electrons. The van der Waals surface area contributed by atoms with Crippen molar-refractivity contribution >= 4 is 28.6 Å². The highest BCUT2D eigenvalue weighted by Gasteiger charge is 2.33. The molecule has 0 spiro atoms. The van der Waals surface area contributed by atoms with E-state index in [9.17, 15) is 18.0 Å². The minimum atomic E-state index is -4.69. The van der Waals surface area contributed by atoms with Gasteiger partial charge in [-0.15, -0.1) is 0 Å². The van der Waals surface area contributed by atoms with E-state index in [0.717, 1.165) is 12.1 Å². The first-order chi connectivity index (χ1) is 14.0. The average molecular weight is 419 g/mol. The van der Waals surface area contributed by atoms with Crippen LogP contribution in [0.4, 0.5) is 24.9 Å². The largest absolute Gasteiger partial charge is 0.492 e. The predicted octanol–water partition coefficient (Wildman–Crippen LogP) is 3.20. The number of hydrogen-bond donors (Lipinski definition) is 3. The van der Waals surface area contributed by atoms with Crippen molar-refractivity contribution in [3.05, 3.63) is 41.0 Å². The normalized spacial score (nSPS) is 15.7. The number of carbonyl (C=O) groups is 1. The second-order valence-electron chi connectivity index (χ2n) is 6.90. The van der Waals surface area contributed by atoms with Gasteiger partial charge in [-0.05, 0) is 18.2 Å². The first kappa shape index (κ1) is 19.6. The molecular weight excluding hydrogens is 403 g/mol. The zero-order valence-electron chi connectivity index (χ0n) is 15.6. The van der Waals surface area contributed by atoms with Crippen molar-refractivity contribution in [1.29, 1.82) is 0 Å². The zero-order chi connectivity index (χ0) is 21.8. The number of primary amides is 1. The summed E-state index contributed by atoms with van der Waals surface area (Å²) in [5.41, 5.74) is 16.3. The highest BCUT2D eigenvalue weighted by Crippen LogP contribution is 2.48. The molecule has 4 rings (SSSR count). The summed E-state index contributed by atoms with van der Waals surface area (Å²) in [6.45, 7) is 2.17. The van der Waals surface area contributed by atoms with Gasteiger partial charge >= 0.3 is 6.18 Å². The lowest BCUT2D eigenvalue weighted by atomic mass is 9.99. The standard InChI is InChI=1S/C19H16F3N5O3/c1-7-6-29-15-13(7)12(5-11-14(15)16(23)27-18(25)26-11)30-10-3-8(17(24)28)2-9(4-10)19(20,21)22/h2-5,7H,6H2,1H3,(H2,24,28)(H4,23,25,26,27). The summed E-state index contributed by atoms with van der Waals surface area (Å²) in [4.78, 5) is 19.6. The molecule has 0 fully saturated rings. The maximum Gasteiger partial charge on any atom is 0.416 e. The van der Waals surface area contributed by atoms with Crippen molar-refractivity contribution < 1.29 is 27.4 Å². The number of fused-ring (bicyclic) bond motifs is 3. The Balaban J connectivity index is 1.90. The molecule has 2 heterocycles. The highest BCUT2D eigenvalue weighted by atomic mass is 19.4. The van der Waals surface area contributed by atoms with Gasteiger partial charge in [0.2, 0.25) is 11.9 Å². The van der Waals surface area contributed by atoms with Gasteiger partial charge in [0.25, 0.3) is 0 Å². The molecule has 1 aromatic heterocycles. The number of nitrogens with two attached hydrogens (primary N) is 3. The topological polar surface area (TPSA) is 139 Å². The molecule has 11 heteroatoms. The Morgan fingerprint density at radius 2 is 1.93 bits per heavy atom. The third kappa shape index (κ3) is 3.27. The van der Waals surface area contributed by atoms with E-state index >= 15 is 0 Å². The Hall–Kier alpha value is -3.76. The number of nitrogens with zero attached hydrogens (tertiary/aromatic N) is 2. The van der Waals surface area contributed by atoms with Gasteiger partial charge < -0.3 is 26.7 Å². The van der Waals surface area contributed by atoms with Gasteiger partial charge in [0.1, 0.15) is 23.1 Å². The lowest BCUT2D eigenvalue weighted by molar-refractivity contribution is -0.137. The molecule has 30 heavy (non-hydrogen) atoms. The number of benzene rings is 2. The van der Waals surface area contributed by atoms with Crippen molar-refractivity contribution in [3.8, 4) is 17.2 Å². The Kier molecular flexibility index (Phi) is 4.33. The van der Waals surface area contributed by atoms with Crippen molar-refractivity contribution in [2.24, 2.45) is 5.73 Å². The number of alkyl halides is 3. The molecule has 0 bridgehead atoms. The Morgan fingerprint density at radius 1 is 1.20 bits per heavy atom. The van der Waals surface area contributed by atoms with E-state index in [4.69, 9.17) is 26.7 Å². The van der Waals surface area contributed by atoms with E-state index in [-0.39, 0.29) is 34.7 Å². The van der Waals surface area contributed by atoms with Gasteiger partial charge in [-0.3, -0.25) is 4.79 Å². The minimum Gasteiger partial charge on any atom is -0.492 e. The van der Waals surface area contributed by atoms with Crippen LogP contribution in [0.5, 0.6) is 17.2 Å². The number of amides is 1. The fraction of sp³-hybridized carbons (Fsp3) is 0.211. The van der Waals surface area contributed by atoms with Gasteiger partial charge in [0.05, 0.1) is 23.1 Å². The Labute approximate surface area is 167 Å². The number of ether oxygens (including phenoxy) is 2. The first-order valence-corrected chi connectivity index (χ1v) is 8.77. The van der Waals surface area contributed by atoms with Gasteiger partial charge in [-0.25, -0.2) is 4.98 Å². The second kappa shape index (κ2) is 6.65. The number of hydrogen-bond acceptors (Lipinski definition) is 7. The van der Waals surface area contributed by atoms with E-state index in [1.165, 1.54) is 6.07 Å². The van der Waals surface area contributed by atoms with Crippen LogP contribution in [0.25, 0.3) is 10.9 Å². The molecule has 3 aromatic rings. The van der Waals surface area contributed by atoms with Crippen LogP contribution in [-0.4, -0.2) is 22.5 Å². The van der Waals surface area contributed by atoms with Crippen LogP contribution >= 0.6 is 0 Å². The van der Waals surface area contributed by atoms with Crippen LogP contribution in [0.2, 0.25) is 0 Å². The summed E-state index contributed by atoms with van der Waals surface area (Å²) in [6.07, 6.45) is -4.69. The van der Waals surface area contributed by atoms with Crippen molar-refractivity contribution in [2.75, 3.05) is 18.1 Å². The molecule has 1 aliphatic rings. The molecule has 0 saturated heterocycles. The first-order valence-electron chi connectivity index (χ1n) is 8.77. The quantitative estimate of drug-likeness (QED) is 0.592. The van der Waals surface area contributed by atoms with Gasteiger partial charge in [-0.2, -0.15) is 18.2 Å². The lowest BCUT2D eigenvalue weighted by Gasteiger charge is -2.16. The molecule has 2 aromatic carbocycles. The number of nitrogen functional groups attached to an aromatic ring is 2. The average Bonchev–Trinajstić information content (AvgIpc) is 3.02. The van der Waals surface area contributed by atoms with Gasteiger partial charge in [-0.1, -0.05) is 6.92 Å². The lowest BCUT2D eigenvalue weighted by Crippen LogP contribution is -2.14. The summed E-state index contributed by atoms with van der Waals surface area (Å²) in [7, 11) is 0. The number of carbonyl (C=O) groups excluding carboxylic acids is 1. The van der Waals surface area contributed by atoms with Crippen molar-refractivity contribution in [1.82, 2.24) is 9.97 Å². The maximum absolute atomic E-state index is 13.3. The monoisotopic (exact) mass is 419 g/mol. The van der Waals surface area contributed by atoms with Gasteiger partial charge in [0.15, 0.2) is 0 Å². The third-order valence-electron chi connectivity index (χ3n) is 4.70. The molecule has 0 aliphatic carbocycles.